The third-order valence-corrected chi connectivity index (χ3v) is 4.19. The molecule has 0 spiro atoms. The Kier molecular flexibility index (Phi) is 3.88. The summed E-state index contributed by atoms with van der Waals surface area (Å²) in [7, 11) is -1.97. The van der Waals surface area contributed by atoms with Gasteiger partial charge in [0.1, 0.15) is 5.75 Å². The van der Waals surface area contributed by atoms with Crippen LogP contribution in [0.3, 0.4) is 0 Å². The quantitative estimate of drug-likeness (QED) is 0.820. The number of nitrogens with two attached hydrogens (primary N) is 1. The summed E-state index contributed by atoms with van der Waals surface area (Å²) < 4.78 is 24.8. The van der Waals surface area contributed by atoms with Gasteiger partial charge in [0.05, 0.1) is 10.7 Å². The minimum absolute atomic E-state index is 0.0287. The van der Waals surface area contributed by atoms with Crippen LogP contribution in [0.5, 0.6) is 0 Å². The molecular formula is C10H14N2O2S2. The monoisotopic (exact) mass is 258 g/mol. The lowest BCUT2D eigenvalue weighted by Gasteiger charge is -2.19. The summed E-state index contributed by atoms with van der Waals surface area (Å²) in [6.07, 6.45) is 0. The maximum absolute atomic E-state index is 11.8. The molecule has 1 rings (SSSR count). The van der Waals surface area contributed by atoms with Gasteiger partial charge in [0.15, 0.2) is 0 Å². The van der Waals surface area contributed by atoms with Crippen LogP contribution < -0.4 is 10.0 Å². The predicted molar refractivity (Wildman–Crippen MR) is 70.2 cm³/mol. The van der Waals surface area contributed by atoms with Crippen molar-refractivity contribution in [3.05, 3.63) is 29.8 Å². The van der Waals surface area contributed by atoms with Crippen LogP contribution in [0.15, 0.2) is 24.3 Å². The Morgan fingerprint density at radius 3 is 2.31 bits per heavy atom. The topological polar surface area (TPSA) is 63.4 Å². The summed E-state index contributed by atoms with van der Waals surface area (Å²) in [5.74, 6) is -0.313. The molecule has 0 saturated heterocycles. The van der Waals surface area contributed by atoms with E-state index < -0.39 is 10.0 Å². The van der Waals surface area contributed by atoms with Gasteiger partial charge in [0.2, 0.25) is 10.0 Å². The zero-order chi connectivity index (χ0) is 12.3. The number of thiocarbonyl (C=S) groups is 1. The maximum atomic E-state index is 11.8. The first-order valence-corrected chi connectivity index (χ1v) is 6.66. The minimum Gasteiger partial charge on any atom is -0.392 e. The van der Waals surface area contributed by atoms with Crippen molar-refractivity contribution in [1.29, 1.82) is 0 Å². The molecule has 0 unspecified atom stereocenters. The van der Waals surface area contributed by atoms with Gasteiger partial charge in [0, 0.05) is 7.05 Å². The SMILES string of the molecule is Cc1ccc(N(C)S(=O)(=O)CC(N)=S)cc1. The predicted octanol–water partition coefficient (Wildman–Crippen LogP) is 1.05. The smallest absolute Gasteiger partial charge is 0.241 e. The van der Waals surface area contributed by atoms with Gasteiger partial charge in [-0.2, -0.15) is 0 Å². The second-order valence-electron chi connectivity index (χ2n) is 3.53. The van der Waals surface area contributed by atoms with E-state index in [-0.39, 0.29) is 10.7 Å². The van der Waals surface area contributed by atoms with Gasteiger partial charge in [0.25, 0.3) is 0 Å². The first-order chi connectivity index (χ1) is 7.33. The fraction of sp³-hybridized carbons (Fsp3) is 0.300. The van der Waals surface area contributed by atoms with E-state index in [2.05, 4.69) is 12.2 Å². The van der Waals surface area contributed by atoms with Gasteiger partial charge in [-0.05, 0) is 19.1 Å². The fourth-order valence-electron chi connectivity index (χ4n) is 1.19. The highest BCUT2D eigenvalue weighted by Crippen LogP contribution is 2.16. The van der Waals surface area contributed by atoms with Crippen molar-refractivity contribution < 1.29 is 8.42 Å². The van der Waals surface area contributed by atoms with Crippen LogP contribution in [0.2, 0.25) is 0 Å². The molecule has 4 nitrogen and oxygen atoms in total. The Balaban J connectivity index is 2.97. The molecule has 1 aromatic rings. The Hall–Kier alpha value is -1.14. The molecule has 16 heavy (non-hydrogen) atoms. The number of hydrogen-bond donors (Lipinski definition) is 1. The van der Waals surface area contributed by atoms with Crippen molar-refractivity contribution in [3.63, 3.8) is 0 Å². The summed E-state index contributed by atoms with van der Waals surface area (Å²) in [5, 5.41) is 0. The van der Waals surface area contributed by atoms with Crippen LogP contribution in [-0.4, -0.2) is 26.2 Å². The van der Waals surface area contributed by atoms with Crippen LogP contribution in [-0.2, 0) is 10.0 Å². The summed E-state index contributed by atoms with van der Waals surface area (Å²) in [5.41, 5.74) is 6.92. The van der Waals surface area contributed by atoms with Crippen molar-refractivity contribution in [2.45, 2.75) is 6.92 Å². The first kappa shape index (κ1) is 12.9. The van der Waals surface area contributed by atoms with Gasteiger partial charge in [-0.3, -0.25) is 4.31 Å². The number of sulfonamides is 1. The summed E-state index contributed by atoms with van der Waals surface area (Å²) in [6.45, 7) is 1.94. The van der Waals surface area contributed by atoms with Gasteiger partial charge < -0.3 is 5.73 Å². The Morgan fingerprint density at radius 2 is 1.88 bits per heavy atom. The molecule has 0 saturated carbocycles. The van der Waals surface area contributed by atoms with Crippen molar-refractivity contribution in [3.8, 4) is 0 Å². The minimum atomic E-state index is -3.46. The van der Waals surface area contributed by atoms with Crippen LogP contribution in [0, 0.1) is 6.92 Å². The average Bonchev–Trinajstić information content (AvgIpc) is 2.16. The lowest BCUT2D eigenvalue weighted by Crippen LogP contribution is -2.34. The molecule has 0 amide bonds. The van der Waals surface area contributed by atoms with Crippen LogP contribution in [0.4, 0.5) is 5.69 Å². The third-order valence-electron chi connectivity index (χ3n) is 2.14. The number of aryl methyl sites for hydroxylation is 1. The van der Waals surface area contributed by atoms with Crippen molar-refractivity contribution in [2.75, 3.05) is 17.1 Å². The van der Waals surface area contributed by atoms with E-state index in [1.807, 2.05) is 19.1 Å². The molecule has 0 aliphatic carbocycles. The standard InChI is InChI=1S/C10H14N2O2S2/c1-8-3-5-9(6-4-8)12(2)16(13,14)7-10(11)15/h3-6H,7H2,1-2H3,(H2,11,15). The second-order valence-corrected chi connectivity index (χ2v) is 6.05. The lowest BCUT2D eigenvalue weighted by molar-refractivity contribution is 0.598. The van der Waals surface area contributed by atoms with Gasteiger partial charge >= 0.3 is 0 Å². The van der Waals surface area contributed by atoms with E-state index in [9.17, 15) is 8.42 Å². The molecule has 2 N–H and O–H groups in total. The van der Waals surface area contributed by atoms with Crippen molar-refractivity contribution >= 4 is 32.9 Å². The van der Waals surface area contributed by atoms with E-state index >= 15 is 0 Å². The molecule has 0 aliphatic rings. The molecule has 0 heterocycles. The number of hydrogen-bond acceptors (Lipinski definition) is 3. The van der Waals surface area contributed by atoms with Crippen LogP contribution in [0.25, 0.3) is 0 Å². The molecule has 0 bridgehead atoms. The maximum Gasteiger partial charge on any atom is 0.241 e. The fourth-order valence-corrected chi connectivity index (χ4v) is 2.63. The Labute approximate surface area is 101 Å². The molecule has 1 aromatic carbocycles. The van der Waals surface area contributed by atoms with Crippen molar-refractivity contribution in [2.24, 2.45) is 5.73 Å². The summed E-state index contributed by atoms with van der Waals surface area (Å²) in [4.78, 5) is -0.0287. The highest BCUT2D eigenvalue weighted by Gasteiger charge is 2.19. The number of nitrogens with zero attached hydrogens (tertiary/aromatic N) is 1. The molecule has 0 aliphatic heterocycles. The molecule has 0 aromatic heterocycles. The molecule has 0 atom stereocenters. The summed E-state index contributed by atoms with van der Waals surface area (Å²) in [6, 6.07) is 7.18. The Morgan fingerprint density at radius 1 is 1.38 bits per heavy atom. The van der Waals surface area contributed by atoms with E-state index in [1.165, 1.54) is 11.4 Å². The van der Waals surface area contributed by atoms with E-state index in [0.29, 0.717) is 5.69 Å². The van der Waals surface area contributed by atoms with E-state index in [1.54, 1.807) is 12.1 Å². The second kappa shape index (κ2) is 4.80. The van der Waals surface area contributed by atoms with Crippen LogP contribution in [0.1, 0.15) is 5.56 Å². The molecular weight excluding hydrogens is 244 g/mol. The van der Waals surface area contributed by atoms with Crippen molar-refractivity contribution in [1.82, 2.24) is 0 Å². The van der Waals surface area contributed by atoms with Gasteiger partial charge in [-0.1, -0.05) is 29.9 Å². The number of benzene rings is 1. The zero-order valence-corrected chi connectivity index (χ0v) is 10.8. The van der Waals surface area contributed by atoms with Gasteiger partial charge in [-0.15, -0.1) is 0 Å². The largest absolute Gasteiger partial charge is 0.392 e. The molecule has 0 fully saturated rings. The zero-order valence-electron chi connectivity index (χ0n) is 9.17. The average molecular weight is 258 g/mol. The molecule has 88 valence electrons. The molecule has 0 radical (unpaired) electrons. The Bertz CT molecular complexity index is 480. The lowest BCUT2D eigenvalue weighted by atomic mass is 10.2. The van der Waals surface area contributed by atoms with Gasteiger partial charge in [-0.25, -0.2) is 8.42 Å². The summed E-state index contributed by atoms with van der Waals surface area (Å²) >= 11 is 4.61. The highest BCUT2D eigenvalue weighted by atomic mass is 32.2. The number of anilines is 1. The number of rotatable bonds is 4. The van der Waals surface area contributed by atoms with E-state index in [0.717, 1.165) is 5.56 Å². The first-order valence-electron chi connectivity index (χ1n) is 4.64. The third kappa shape index (κ3) is 3.18. The van der Waals surface area contributed by atoms with Crippen LogP contribution >= 0.6 is 12.2 Å². The van der Waals surface area contributed by atoms with E-state index in [4.69, 9.17) is 5.73 Å². The normalized spacial score (nSPS) is 11.1. The molecule has 6 heteroatoms. The highest BCUT2D eigenvalue weighted by molar-refractivity contribution is 7.95.